The van der Waals surface area contributed by atoms with Crippen LogP contribution in [-0.2, 0) is 0 Å². The third-order valence-electron chi connectivity index (χ3n) is 0.656. The molecule has 2 N–H and O–H groups in total. The van der Waals surface area contributed by atoms with Gasteiger partial charge in [0.15, 0.2) is 0 Å². The Morgan fingerprint density at radius 3 is 2.89 bits per heavy atom. The number of nitrogens with two attached hydrogens (primary N) is 1. The summed E-state index contributed by atoms with van der Waals surface area (Å²) >= 11 is 0. The monoisotopic (exact) mass is 130 g/mol. The average molecular weight is 130 g/mol. The predicted octanol–water partition coefficient (Wildman–Crippen LogP) is 0.889. The second kappa shape index (κ2) is 5.28. The van der Waals surface area contributed by atoms with E-state index in [1.54, 1.807) is 13.0 Å². The van der Waals surface area contributed by atoms with Gasteiger partial charge in [-0.3, -0.25) is 4.99 Å². The molecule has 0 atom stereocenters. The van der Waals surface area contributed by atoms with Crippen molar-refractivity contribution in [1.29, 1.82) is 0 Å². The van der Waals surface area contributed by atoms with E-state index in [1.807, 2.05) is 0 Å². The summed E-state index contributed by atoms with van der Waals surface area (Å²) in [5, 5.41) is 0. The van der Waals surface area contributed by atoms with Crippen LogP contribution in [0.5, 0.6) is 0 Å². The van der Waals surface area contributed by atoms with Gasteiger partial charge in [0.05, 0.1) is 6.54 Å². The van der Waals surface area contributed by atoms with Crippen molar-refractivity contribution in [2.24, 2.45) is 10.7 Å². The molecule has 0 amide bonds. The van der Waals surface area contributed by atoms with Crippen LogP contribution in [-0.4, -0.2) is 19.4 Å². The molecular weight excluding hydrogens is 119 g/mol. The number of hydrogen-bond acceptors (Lipinski definition) is 2. The fourth-order valence-corrected chi connectivity index (χ4v) is 0.294. The molecule has 0 unspecified atom stereocenters. The molecule has 0 fully saturated rings. The standard InChI is InChI=1S/C6H11FN2/c1-6(8)2-4-9-5-3-7/h2,4H,3,5,8H2,1H3. The molecule has 0 aliphatic carbocycles. The molecule has 0 saturated heterocycles. The van der Waals surface area contributed by atoms with E-state index in [0.29, 0.717) is 5.70 Å². The van der Waals surface area contributed by atoms with Gasteiger partial charge >= 0.3 is 0 Å². The molecule has 0 aliphatic rings. The lowest BCUT2D eigenvalue weighted by Crippen LogP contribution is -1.90. The van der Waals surface area contributed by atoms with Crippen LogP contribution in [0.2, 0.25) is 0 Å². The number of halogens is 1. The first-order valence-corrected chi connectivity index (χ1v) is 2.75. The molecule has 0 aromatic heterocycles. The Labute approximate surface area is 54.3 Å². The summed E-state index contributed by atoms with van der Waals surface area (Å²) in [6, 6.07) is 0. The van der Waals surface area contributed by atoms with Gasteiger partial charge in [0.1, 0.15) is 6.67 Å². The first-order valence-electron chi connectivity index (χ1n) is 2.75. The Morgan fingerprint density at radius 2 is 2.44 bits per heavy atom. The highest BCUT2D eigenvalue weighted by molar-refractivity contribution is 5.71. The smallest absolute Gasteiger partial charge is 0.109 e. The molecule has 0 aromatic rings. The highest BCUT2D eigenvalue weighted by Gasteiger charge is 1.73. The van der Waals surface area contributed by atoms with Gasteiger partial charge in [0.25, 0.3) is 0 Å². The molecule has 9 heavy (non-hydrogen) atoms. The minimum Gasteiger partial charge on any atom is -0.402 e. The molecule has 0 heterocycles. The summed E-state index contributed by atoms with van der Waals surface area (Å²) in [7, 11) is 0. The molecule has 3 heteroatoms. The van der Waals surface area contributed by atoms with E-state index in [0.717, 1.165) is 0 Å². The van der Waals surface area contributed by atoms with E-state index in [4.69, 9.17) is 5.73 Å². The Balaban J connectivity index is 3.35. The molecule has 0 spiro atoms. The van der Waals surface area contributed by atoms with Gasteiger partial charge in [-0.2, -0.15) is 0 Å². The zero-order chi connectivity index (χ0) is 7.11. The third kappa shape index (κ3) is 7.14. The van der Waals surface area contributed by atoms with Crippen LogP contribution in [0.25, 0.3) is 0 Å². The lowest BCUT2D eigenvalue weighted by molar-refractivity contribution is 0.505. The normalized spacial score (nSPS) is 12.9. The van der Waals surface area contributed by atoms with Gasteiger partial charge in [0, 0.05) is 11.9 Å². The van der Waals surface area contributed by atoms with E-state index >= 15 is 0 Å². The van der Waals surface area contributed by atoms with Crippen molar-refractivity contribution in [3.8, 4) is 0 Å². The first kappa shape index (κ1) is 8.14. The minimum absolute atomic E-state index is 0.226. The Kier molecular flexibility index (Phi) is 4.78. The largest absolute Gasteiger partial charge is 0.402 e. The zero-order valence-corrected chi connectivity index (χ0v) is 5.47. The van der Waals surface area contributed by atoms with Gasteiger partial charge < -0.3 is 5.73 Å². The summed E-state index contributed by atoms with van der Waals surface area (Å²) in [5.41, 5.74) is 5.93. The second-order valence-corrected chi connectivity index (χ2v) is 1.65. The molecule has 0 aromatic carbocycles. The van der Waals surface area contributed by atoms with Crippen molar-refractivity contribution in [2.75, 3.05) is 13.2 Å². The van der Waals surface area contributed by atoms with Crippen molar-refractivity contribution in [3.63, 3.8) is 0 Å². The molecular formula is C6H11FN2. The SMILES string of the molecule is CC(N)=CC=NCCF. The van der Waals surface area contributed by atoms with Crippen molar-refractivity contribution in [3.05, 3.63) is 11.8 Å². The molecule has 52 valence electrons. The van der Waals surface area contributed by atoms with Crippen LogP contribution >= 0.6 is 0 Å². The van der Waals surface area contributed by atoms with Crippen LogP contribution < -0.4 is 5.73 Å². The fraction of sp³-hybridized carbons (Fsp3) is 0.500. The predicted molar refractivity (Wildman–Crippen MR) is 37.3 cm³/mol. The number of hydrogen-bond donors (Lipinski definition) is 1. The molecule has 0 rings (SSSR count). The van der Waals surface area contributed by atoms with Gasteiger partial charge in [-0.15, -0.1) is 0 Å². The number of aliphatic imine (C=N–C) groups is 1. The van der Waals surface area contributed by atoms with Crippen LogP contribution in [0.1, 0.15) is 6.92 Å². The van der Waals surface area contributed by atoms with E-state index in [-0.39, 0.29) is 6.54 Å². The maximum absolute atomic E-state index is 11.4. The van der Waals surface area contributed by atoms with E-state index in [9.17, 15) is 4.39 Å². The number of alkyl halides is 1. The molecule has 0 aliphatic heterocycles. The molecule has 0 bridgehead atoms. The summed E-state index contributed by atoms with van der Waals surface area (Å²) < 4.78 is 11.4. The maximum Gasteiger partial charge on any atom is 0.109 e. The molecule has 0 saturated carbocycles. The van der Waals surface area contributed by atoms with Crippen LogP contribution in [0.3, 0.4) is 0 Å². The van der Waals surface area contributed by atoms with Crippen LogP contribution in [0.4, 0.5) is 4.39 Å². The summed E-state index contributed by atoms with van der Waals surface area (Å²) in [6.07, 6.45) is 3.14. The summed E-state index contributed by atoms with van der Waals surface area (Å²) in [6.45, 7) is 1.57. The Hall–Kier alpha value is -0.860. The molecule has 2 nitrogen and oxygen atoms in total. The second-order valence-electron chi connectivity index (χ2n) is 1.65. The van der Waals surface area contributed by atoms with Gasteiger partial charge in [-0.05, 0) is 13.0 Å². The van der Waals surface area contributed by atoms with Gasteiger partial charge in [0.2, 0.25) is 0 Å². The maximum atomic E-state index is 11.4. The molecule has 0 radical (unpaired) electrons. The Morgan fingerprint density at radius 1 is 1.78 bits per heavy atom. The van der Waals surface area contributed by atoms with E-state index < -0.39 is 6.67 Å². The number of nitrogens with zero attached hydrogens (tertiary/aromatic N) is 1. The highest BCUT2D eigenvalue weighted by Crippen LogP contribution is 1.76. The van der Waals surface area contributed by atoms with Crippen LogP contribution in [0, 0.1) is 0 Å². The zero-order valence-electron chi connectivity index (χ0n) is 5.47. The topological polar surface area (TPSA) is 38.4 Å². The van der Waals surface area contributed by atoms with E-state index in [1.165, 1.54) is 6.21 Å². The highest BCUT2D eigenvalue weighted by atomic mass is 19.1. The first-order chi connectivity index (χ1) is 4.27. The minimum atomic E-state index is -0.409. The summed E-state index contributed by atoms with van der Waals surface area (Å²) in [5.74, 6) is 0. The summed E-state index contributed by atoms with van der Waals surface area (Å²) in [4.78, 5) is 3.67. The van der Waals surface area contributed by atoms with Crippen molar-refractivity contribution in [2.45, 2.75) is 6.92 Å². The lowest BCUT2D eigenvalue weighted by atomic mass is 10.5. The number of allylic oxidation sites excluding steroid dienone is 2. The Bertz CT molecular complexity index is 114. The average Bonchev–Trinajstić information content (AvgIpc) is 1.80. The third-order valence-corrected chi connectivity index (χ3v) is 0.656. The number of rotatable bonds is 3. The van der Waals surface area contributed by atoms with Crippen molar-refractivity contribution in [1.82, 2.24) is 0 Å². The quantitative estimate of drug-likeness (QED) is 0.566. The van der Waals surface area contributed by atoms with E-state index in [2.05, 4.69) is 4.99 Å². The lowest BCUT2D eigenvalue weighted by Gasteiger charge is -1.82. The van der Waals surface area contributed by atoms with Gasteiger partial charge in [-0.1, -0.05) is 0 Å². The van der Waals surface area contributed by atoms with Crippen molar-refractivity contribution >= 4 is 6.21 Å². The van der Waals surface area contributed by atoms with Crippen LogP contribution in [0.15, 0.2) is 16.8 Å². The van der Waals surface area contributed by atoms with Crippen molar-refractivity contribution < 1.29 is 4.39 Å². The fourth-order valence-electron chi connectivity index (χ4n) is 0.294. The van der Waals surface area contributed by atoms with Gasteiger partial charge in [-0.25, -0.2) is 4.39 Å².